The molecule has 0 radical (unpaired) electrons. The molecule has 1 fully saturated rings. The minimum atomic E-state index is -0.864. The van der Waals surface area contributed by atoms with E-state index in [1.165, 1.54) is 12.1 Å². The number of nitrogens with one attached hydrogen (secondary N) is 2. The van der Waals surface area contributed by atoms with Crippen molar-refractivity contribution in [1.82, 2.24) is 14.9 Å². The molecule has 1 heterocycles. The molecule has 1 aromatic heterocycles. The summed E-state index contributed by atoms with van der Waals surface area (Å²) in [4.78, 5) is 50.2. The number of aromatic nitrogens is 2. The molecule has 1 saturated carbocycles. The van der Waals surface area contributed by atoms with Gasteiger partial charge in [0.1, 0.15) is 6.17 Å². The first-order valence-corrected chi connectivity index (χ1v) is 9.03. The van der Waals surface area contributed by atoms with Gasteiger partial charge in [0, 0.05) is 17.5 Å². The van der Waals surface area contributed by atoms with E-state index in [0.29, 0.717) is 11.1 Å². The smallest absolute Gasteiger partial charge is 0.318 e. The van der Waals surface area contributed by atoms with Gasteiger partial charge in [-0.2, -0.15) is 0 Å². The summed E-state index contributed by atoms with van der Waals surface area (Å²) in [5, 5.41) is 14.1. The van der Waals surface area contributed by atoms with Gasteiger partial charge in [-0.15, -0.1) is 0 Å². The van der Waals surface area contributed by atoms with Crippen molar-refractivity contribution in [2.75, 3.05) is 0 Å². The second-order valence-electron chi connectivity index (χ2n) is 7.06. The molecule has 2 N–H and O–H groups in total. The van der Waals surface area contributed by atoms with Crippen LogP contribution in [-0.4, -0.2) is 20.4 Å². The maximum Gasteiger partial charge on any atom is 0.318 e. The van der Waals surface area contributed by atoms with Crippen molar-refractivity contribution >= 4 is 22.6 Å². The maximum atomic E-state index is 12.5. The number of nitro benzene ring substituents is 1. The second-order valence-corrected chi connectivity index (χ2v) is 7.06. The summed E-state index contributed by atoms with van der Waals surface area (Å²) in [5.41, 5.74) is -0.984. The van der Waals surface area contributed by atoms with Gasteiger partial charge in [0.15, 0.2) is 0 Å². The lowest BCUT2D eigenvalue weighted by Crippen LogP contribution is -2.44. The lowest BCUT2D eigenvalue weighted by molar-refractivity contribution is -0.385. The molecule has 1 amide bonds. The molecular weight excluding hydrogens is 352 g/mol. The molecule has 9 nitrogen and oxygen atoms in total. The number of hydrogen-bond acceptors (Lipinski definition) is 5. The van der Waals surface area contributed by atoms with E-state index in [9.17, 15) is 24.5 Å². The van der Waals surface area contributed by atoms with E-state index >= 15 is 0 Å². The van der Waals surface area contributed by atoms with Crippen molar-refractivity contribution < 1.29 is 9.72 Å². The number of nitrogens with zero attached hydrogens (tertiary/aromatic N) is 2. The summed E-state index contributed by atoms with van der Waals surface area (Å²) in [6, 6.07) is 2.71. The summed E-state index contributed by atoms with van der Waals surface area (Å²) in [7, 11) is 0. The molecule has 1 aliphatic rings. The van der Waals surface area contributed by atoms with Crippen molar-refractivity contribution in [3.05, 3.63) is 48.5 Å². The average Bonchev–Trinajstić information content (AvgIpc) is 2.63. The minimum Gasteiger partial charge on any atom is -0.335 e. The fourth-order valence-electron chi connectivity index (χ4n) is 3.71. The molecule has 3 rings (SSSR count). The van der Waals surface area contributed by atoms with Gasteiger partial charge in [0.2, 0.25) is 5.91 Å². The van der Waals surface area contributed by atoms with Gasteiger partial charge >= 0.3 is 11.1 Å². The lowest BCUT2D eigenvalue weighted by atomic mass is 9.88. The number of aryl methyl sites for hydroxylation is 1. The highest BCUT2D eigenvalue weighted by Crippen LogP contribution is 2.26. The third-order valence-corrected chi connectivity index (χ3v) is 5.15. The molecular formula is C18H22N4O5. The van der Waals surface area contributed by atoms with Crippen molar-refractivity contribution in [2.45, 2.75) is 52.1 Å². The molecule has 1 unspecified atom stereocenters. The van der Waals surface area contributed by atoms with Gasteiger partial charge < -0.3 is 10.3 Å². The van der Waals surface area contributed by atoms with Crippen LogP contribution in [0.25, 0.3) is 11.0 Å². The predicted molar refractivity (Wildman–Crippen MR) is 99.6 cm³/mol. The first-order valence-electron chi connectivity index (χ1n) is 9.03. The second kappa shape index (κ2) is 7.34. The lowest BCUT2D eigenvalue weighted by Gasteiger charge is -2.24. The van der Waals surface area contributed by atoms with Gasteiger partial charge in [-0.25, -0.2) is 0 Å². The van der Waals surface area contributed by atoms with Crippen LogP contribution in [0.3, 0.4) is 0 Å². The van der Waals surface area contributed by atoms with E-state index in [-0.39, 0.29) is 23.0 Å². The van der Waals surface area contributed by atoms with Crippen molar-refractivity contribution in [2.24, 2.45) is 5.92 Å². The maximum absolute atomic E-state index is 12.5. The molecule has 1 atom stereocenters. The molecule has 0 bridgehead atoms. The first-order chi connectivity index (χ1) is 12.8. The third-order valence-electron chi connectivity index (χ3n) is 5.15. The fraction of sp³-hybridized carbons (Fsp3) is 0.500. The largest absolute Gasteiger partial charge is 0.335 e. The van der Waals surface area contributed by atoms with Crippen LogP contribution >= 0.6 is 0 Å². The van der Waals surface area contributed by atoms with E-state index in [0.717, 1.165) is 36.7 Å². The Morgan fingerprint density at radius 3 is 2.59 bits per heavy atom. The summed E-state index contributed by atoms with van der Waals surface area (Å²) >= 11 is 0. The van der Waals surface area contributed by atoms with Crippen molar-refractivity contribution in [3.8, 4) is 0 Å². The normalized spacial score (nSPS) is 16.2. The number of carbonyl (C=O) groups is 1. The number of fused-ring (bicyclic) bond motifs is 1. The molecule has 0 saturated heterocycles. The number of benzene rings is 1. The highest BCUT2D eigenvalue weighted by Gasteiger charge is 2.24. The van der Waals surface area contributed by atoms with Crippen LogP contribution in [0.4, 0.5) is 5.69 Å². The number of carbonyl (C=O) groups excluding carboxylic acids is 1. The van der Waals surface area contributed by atoms with Gasteiger partial charge in [0.25, 0.3) is 5.69 Å². The quantitative estimate of drug-likeness (QED) is 0.481. The molecule has 9 heteroatoms. The number of hydrogen-bond donors (Lipinski definition) is 2. The summed E-state index contributed by atoms with van der Waals surface area (Å²) < 4.78 is 1.11. The van der Waals surface area contributed by atoms with Gasteiger partial charge in [-0.1, -0.05) is 19.3 Å². The average molecular weight is 374 g/mol. The van der Waals surface area contributed by atoms with Crippen molar-refractivity contribution in [1.29, 1.82) is 0 Å². The van der Waals surface area contributed by atoms with Crippen LogP contribution in [0.1, 0.15) is 50.8 Å². The Bertz CT molecular complexity index is 1020. The zero-order valence-electron chi connectivity index (χ0n) is 15.3. The molecule has 27 heavy (non-hydrogen) atoms. The Labute approximate surface area is 154 Å². The van der Waals surface area contributed by atoms with Crippen LogP contribution in [0.2, 0.25) is 0 Å². The standard InChI is InChI=1S/C18H22N4O5/c1-10-8-13-15(9-14(10)22(26)27)21(18(25)17(24)20-13)11(2)19-16(23)12-6-4-3-5-7-12/h8-9,11-12H,3-7H2,1-2H3,(H,19,23)(H,20,24). The monoisotopic (exact) mass is 374 g/mol. The Morgan fingerprint density at radius 2 is 1.96 bits per heavy atom. The highest BCUT2D eigenvalue weighted by atomic mass is 16.6. The summed E-state index contributed by atoms with van der Waals surface area (Å²) in [5.74, 6) is -0.272. The molecule has 144 valence electrons. The summed E-state index contributed by atoms with van der Waals surface area (Å²) in [6.45, 7) is 3.15. The Hall–Kier alpha value is -2.97. The van der Waals surface area contributed by atoms with Crippen molar-refractivity contribution in [3.63, 3.8) is 0 Å². The molecule has 0 spiro atoms. The van der Waals surface area contributed by atoms with E-state index < -0.39 is 22.2 Å². The SMILES string of the molecule is Cc1cc2[nH]c(=O)c(=O)n(C(C)NC(=O)C3CCCCC3)c2cc1[N+](=O)[O-]. The Kier molecular flexibility index (Phi) is 5.11. The molecule has 0 aliphatic heterocycles. The number of aromatic amines is 1. The van der Waals surface area contributed by atoms with E-state index in [1.54, 1.807) is 13.8 Å². The predicted octanol–water partition coefficient (Wildman–Crippen LogP) is 2.12. The van der Waals surface area contributed by atoms with Crippen LogP contribution in [-0.2, 0) is 4.79 Å². The Morgan fingerprint density at radius 1 is 1.30 bits per heavy atom. The number of H-pyrrole nitrogens is 1. The minimum absolute atomic E-state index is 0.109. The van der Waals surface area contributed by atoms with E-state index in [4.69, 9.17) is 0 Å². The van der Waals surface area contributed by atoms with Crippen LogP contribution < -0.4 is 16.4 Å². The van der Waals surface area contributed by atoms with Crippen LogP contribution in [0, 0.1) is 23.0 Å². The summed E-state index contributed by atoms with van der Waals surface area (Å²) in [6.07, 6.45) is 3.89. The topological polar surface area (TPSA) is 127 Å². The number of amides is 1. The van der Waals surface area contributed by atoms with Crippen LogP contribution in [0.15, 0.2) is 21.7 Å². The van der Waals surface area contributed by atoms with Gasteiger partial charge in [-0.05, 0) is 32.8 Å². The Balaban J connectivity index is 2.05. The zero-order valence-corrected chi connectivity index (χ0v) is 15.3. The number of nitro groups is 1. The van der Waals surface area contributed by atoms with E-state index in [1.807, 2.05) is 0 Å². The van der Waals surface area contributed by atoms with E-state index in [2.05, 4.69) is 10.3 Å². The first kappa shape index (κ1) is 18.8. The molecule has 1 aliphatic carbocycles. The number of rotatable bonds is 4. The molecule has 2 aromatic rings. The molecule has 1 aromatic carbocycles. The zero-order chi connectivity index (χ0) is 19.7. The van der Waals surface area contributed by atoms with Crippen LogP contribution in [0.5, 0.6) is 0 Å². The van der Waals surface area contributed by atoms with Gasteiger partial charge in [0.05, 0.1) is 16.0 Å². The fourth-order valence-corrected chi connectivity index (χ4v) is 3.71. The highest BCUT2D eigenvalue weighted by molar-refractivity contribution is 5.81. The van der Waals surface area contributed by atoms with Gasteiger partial charge in [-0.3, -0.25) is 29.1 Å². The third kappa shape index (κ3) is 3.62.